The SMILES string of the molecule is O=C1C(=O)N(CCc2cccs2)c2c(F)cc(F)cc21. The Morgan fingerprint density at radius 2 is 2.00 bits per heavy atom. The van der Waals surface area contributed by atoms with E-state index in [0.29, 0.717) is 12.5 Å². The number of halogens is 2. The molecule has 0 fully saturated rings. The molecule has 0 aliphatic carbocycles. The number of hydrogen-bond donors (Lipinski definition) is 0. The molecule has 102 valence electrons. The predicted octanol–water partition coefficient (Wildman–Crippen LogP) is 2.80. The zero-order valence-electron chi connectivity index (χ0n) is 10.2. The highest BCUT2D eigenvalue weighted by atomic mass is 32.1. The van der Waals surface area contributed by atoms with Crippen LogP contribution in [0, 0.1) is 11.6 Å². The number of fused-ring (bicyclic) bond motifs is 1. The highest BCUT2D eigenvalue weighted by molar-refractivity contribution is 7.09. The lowest BCUT2D eigenvalue weighted by Gasteiger charge is -2.16. The zero-order chi connectivity index (χ0) is 14.3. The molecule has 0 spiro atoms. The molecule has 1 aliphatic heterocycles. The van der Waals surface area contributed by atoms with Crippen molar-refractivity contribution in [1.82, 2.24) is 0 Å². The van der Waals surface area contributed by atoms with Crippen LogP contribution in [0.15, 0.2) is 29.6 Å². The molecule has 1 aromatic carbocycles. The molecule has 0 bridgehead atoms. The Bertz CT molecular complexity index is 697. The van der Waals surface area contributed by atoms with E-state index in [1.165, 1.54) is 11.3 Å². The first-order valence-electron chi connectivity index (χ1n) is 5.95. The van der Waals surface area contributed by atoms with Crippen molar-refractivity contribution in [3.8, 4) is 0 Å². The van der Waals surface area contributed by atoms with Crippen molar-refractivity contribution < 1.29 is 18.4 Å². The van der Waals surface area contributed by atoms with Crippen molar-refractivity contribution in [2.24, 2.45) is 0 Å². The van der Waals surface area contributed by atoms with Gasteiger partial charge >= 0.3 is 0 Å². The summed E-state index contributed by atoms with van der Waals surface area (Å²) in [6.45, 7) is 0.195. The molecule has 20 heavy (non-hydrogen) atoms. The van der Waals surface area contributed by atoms with Crippen LogP contribution in [-0.2, 0) is 11.2 Å². The second-order valence-electron chi connectivity index (χ2n) is 4.40. The van der Waals surface area contributed by atoms with Gasteiger partial charge in [0.1, 0.15) is 5.82 Å². The maximum Gasteiger partial charge on any atom is 0.299 e. The highest BCUT2D eigenvalue weighted by Crippen LogP contribution is 2.32. The fourth-order valence-electron chi connectivity index (χ4n) is 2.24. The lowest BCUT2D eigenvalue weighted by molar-refractivity contribution is -0.114. The molecule has 0 radical (unpaired) electrons. The molecule has 0 N–H and O–H groups in total. The maximum atomic E-state index is 13.8. The molecule has 0 saturated heterocycles. The standard InChI is InChI=1S/C14H9F2NO2S/c15-8-6-10-12(11(16)7-8)17(14(19)13(10)18)4-3-9-2-1-5-20-9/h1-2,5-7H,3-4H2. The number of Topliss-reactive ketones (excluding diaryl/α,β-unsaturated/α-hetero) is 1. The molecule has 0 atom stereocenters. The van der Waals surface area contributed by atoms with Gasteiger partial charge in [0, 0.05) is 17.5 Å². The molecule has 0 unspecified atom stereocenters. The van der Waals surface area contributed by atoms with Crippen LogP contribution in [0.4, 0.5) is 14.5 Å². The molecule has 3 rings (SSSR count). The summed E-state index contributed by atoms with van der Waals surface area (Å²) >= 11 is 1.52. The summed E-state index contributed by atoms with van der Waals surface area (Å²) in [5.74, 6) is -3.40. The number of thiophene rings is 1. The molecule has 3 nitrogen and oxygen atoms in total. The minimum Gasteiger partial charge on any atom is -0.302 e. The molecule has 6 heteroatoms. The second-order valence-corrected chi connectivity index (χ2v) is 5.43. The average molecular weight is 293 g/mol. The summed E-state index contributed by atoms with van der Waals surface area (Å²) in [5, 5.41) is 1.90. The predicted molar refractivity (Wildman–Crippen MR) is 71.1 cm³/mol. The van der Waals surface area contributed by atoms with Gasteiger partial charge in [-0.15, -0.1) is 11.3 Å². The van der Waals surface area contributed by atoms with E-state index in [2.05, 4.69) is 0 Å². The summed E-state index contributed by atoms with van der Waals surface area (Å²) in [7, 11) is 0. The molecule has 0 saturated carbocycles. The van der Waals surface area contributed by atoms with Crippen LogP contribution in [0.1, 0.15) is 15.2 Å². The first kappa shape index (κ1) is 12.9. The zero-order valence-corrected chi connectivity index (χ0v) is 11.0. The molecule has 2 aromatic rings. The lowest BCUT2D eigenvalue weighted by atomic mass is 10.1. The second kappa shape index (κ2) is 4.79. The summed E-state index contributed by atoms with van der Waals surface area (Å²) in [5.41, 5.74) is -0.309. The summed E-state index contributed by atoms with van der Waals surface area (Å²) in [4.78, 5) is 25.7. The highest BCUT2D eigenvalue weighted by Gasteiger charge is 2.38. The van der Waals surface area contributed by atoms with E-state index in [-0.39, 0.29) is 17.8 Å². The van der Waals surface area contributed by atoms with E-state index >= 15 is 0 Å². The Morgan fingerprint density at radius 1 is 1.20 bits per heavy atom. The van der Waals surface area contributed by atoms with Gasteiger partial charge in [0.2, 0.25) is 0 Å². The summed E-state index contributed by atoms with van der Waals surface area (Å²) < 4.78 is 27.0. The smallest absolute Gasteiger partial charge is 0.299 e. The van der Waals surface area contributed by atoms with E-state index < -0.39 is 23.3 Å². The number of hydrogen-bond acceptors (Lipinski definition) is 3. The molecule has 1 aromatic heterocycles. The largest absolute Gasteiger partial charge is 0.302 e. The van der Waals surface area contributed by atoms with Gasteiger partial charge in [-0.2, -0.15) is 0 Å². The van der Waals surface area contributed by atoms with Gasteiger partial charge < -0.3 is 4.90 Å². The molecule has 1 aliphatic rings. The monoisotopic (exact) mass is 293 g/mol. The van der Waals surface area contributed by atoms with Crippen LogP contribution in [-0.4, -0.2) is 18.2 Å². The Balaban J connectivity index is 1.93. The van der Waals surface area contributed by atoms with Gasteiger partial charge in [0.25, 0.3) is 11.7 Å². The summed E-state index contributed by atoms with van der Waals surface area (Å²) in [6, 6.07) is 5.36. The van der Waals surface area contributed by atoms with Crippen molar-refractivity contribution in [1.29, 1.82) is 0 Å². The van der Waals surface area contributed by atoms with Crippen LogP contribution >= 0.6 is 11.3 Å². The Kier molecular flexibility index (Phi) is 3.10. The Labute approximate surface area is 117 Å². The number of benzene rings is 1. The van der Waals surface area contributed by atoms with Crippen molar-refractivity contribution in [2.45, 2.75) is 6.42 Å². The van der Waals surface area contributed by atoms with E-state index in [9.17, 15) is 18.4 Å². The van der Waals surface area contributed by atoms with Crippen LogP contribution in [0.3, 0.4) is 0 Å². The van der Waals surface area contributed by atoms with Crippen LogP contribution < -0.4 is 4.90 Å². The Morgan fingerprint density at radius 3 is 2.70 bits per heavy atom. The number of ketones is 1. The van der Waals surface area contributed by atoms with Crippen molar-refractivity contribution in [3.05, 3.63) is 51.7 Å². The number of carbonyl (C=O) groups excluding carboxylic acids is 2. The molecular weight excluding hydrogens is 284 g/mol. The lowest BCUT2D eigenvalue weighted by Crippen LogP contribution is -2.32. The summed E-state index contributed by atoms with van der Waals surface area (Å²) in [6.07, 6.45) is 0.521. The van der Waals surface area contributed by atoms with Gasteiger partial charge in [0.15, 0.2) is 5.82 Å². The van der Waals surface area contributed by atoms with E-state index in [4.69, 9.17) is 0 Å². The number of carbonyl (C=O) groups is 2. The van der Waals surface area contributed by atoms with Gasteiger partial charge in [-0.3, -0.25) is 9.59 Å². The number of nitrogens with zero attached hydrogens (tertiary/aromatic N) is 1. The van der Waals surface area contributed by atoms with Crippen LogP contribution in [0.5, 0.6) is 0 Å². The maximum absolute atomic E-state index is 13.8. The van der Waals surface area contributed by atoms with Gasteiger partial charge in [-0.1, -0.05) is 6.07 Å². The third-order valence-electron chi connectivity index (χ3n) is 3.14. The van der Waals surface area contributed by atoms with Crippen molar-refractivity contribution in [2.75, 3.05) is 11.4 Å². The number of anilines is 1. The van der Waals surface area contributed by atoms with Gasteiger partial charge in [-0.25, -0.2) is 8.78 Å². The third-order valence-corrected chi connectivity index (χ3v) is 4.08. The molecule has 1 amide bonds. The normalized spacial score (nSPS) is 14.0. The fraction of sp³-hybridized carbons (Fsp3) is 0.143. The third kappa shape index (κ3) is 2.02. The van der Waals surface area contributed by atoms with Crippen molar-refractivity contribution in [3.63, 3.8) is 0 Å². The molecule has 2 heterocycles. The molecular formula is C14H9F2NO2S. The minimum atomic E-state index is -0.884. The van der Waals surface area contributed by atoms with Crippen molar-refractivity contribution >= 4 is 28.7 Å². The van der Waals surface area contributed by atoms with Gasteiger partial charge in [-0.05, 0) is 23.9 Å². The van der Waals surface area contributed by atoms with Gasteiger partial charge in [0.05, 0.1) is 11.3 Å². The minimum absolute atomic E-state index is 0.113. The van der Waals surface area contributed by atoms with Crippen LogP contribution in [0.2, 0.25) is 0 Å². The average Bonchev–Trinajstić information content (AvgIpc) is 2.98. The quantitative estimate of drug-likeness (QED) is 0.816. The fourth-order valence-corrected chi connectivity index (χ4v) is 2.94. The number of amides is 1. The first-order chi connectivity index (χ1) is 9.58. The topological polar surface area (TPSA) is 37.4 Å². The number of rotatable bonds is 3. The van der Waals surface area contributed by atoms with E-state index in [1.807, 2.05) is 17.5 Å². The van der Waals surface area contributed by atoms with Crippen LogP contribution in [0.25, 0.3) is 0 Å². The van der Waals surface area contributed by atoms with E-state index in [0.717, 1.165) is 15.8 Å². The van der Waals surface area contributed by atoms with E-state index in [1.54, 1.807) is 0 Å². The first-order valence-corrected chi connectivity index (χ1v) is 6.83. The Hall–Kier alpha value is -2.08.